The number of benzene rings is 1. The molecule has 0 bridgehead atoms. The molecule has 0 spiro atoms. The second kappa shape index (κ2) is 13.2. The second-order valence-electron chi connectivity index (χ2n) is 7.90. The van der Waals surface area contributed by atoms with Crippen molar-refractivity contribution in [3.63, 3.8) is 0 Å². The van der Waals surface area contributed by atoms with Crippen LogP contribution in [0.25, 0.3) is 0 Å². The number of rotatable bonds is 13. The monoisotopic (exact) mass is 464 g/mol. The molecule has 0 fully saturated rings. The Morgan fingerprint density at radius 2 is 1.52 bits per heavy atom. The van der Waals surface area contributed by atoms with E-state index in [1.54, 1.807) is 26.0 Å². The average molecular weight is 465 g/mol. The molecule has 3 amide bonds. The van der Waals surface area contributed by atoms with E-state index in [-0.39, 0.29) is 6.42 Å². The predicted octanol–water partition coefficient (Wildman–Crippen LogP) is -0.364. The first-order chi connectivity index (χ1) is 15.5. The van der Waals surface area contributed by atoms with E-state index in [2.05, 4.69) is 16.0 Å². The Labute approximate surface area is 192 Å². The number of carbonyl (C=O) groups is 5. The van der Waals surface area contributed by atoms with Gasteiger partial charge in [0.1, 0.15) is 18.1 Å². The molecule has 0 aliphatic carbocycles. The minimum Gasteiger partial charge on any atom is -0.481 e. The molecule has 5 unspecified atom stereocenters. The van der Waals surface area contributed by atoms with E-state index in [0.29, 0.717) is 6.42 Å². The van der Waals surface area contributed by atoms with Gasteiger partial charge in [-0.05, 0) is 24.8 Å². The summed E-state index contributed by atoms with van der Waals surface area (Å²) in [6, 6.07) is 4.24. The number of hydrogen-bond acceptors (Lipinski definition) is 6. The Kier molecular flexibility index (Phi) is 11.0. The summed E-state index contributed by atoms with van der Waals surface area (Å²) in [5, 5.41) is 25.4. The van der Waals surface area contributed by atoms with Crippen molar-refractivity contribution in [3.05, 3.63) is 35.9 Å². The first-order valence-electron chi connectivity index (χ1n) is 10.6. The van der Waals surface area contributed by atoms with Crippen LogP contribution in [0.5, 0.6) is 0 Å². The first kappa shape index (κ1) is 27.6. The lowest BCUT2D eigenvalue weighted by Gasteiger charge is -2.25. The molecule has 0 saturated heterocycles. The van der Waals surface area contributed by atoms with Crippen molar-refractivity contribution in [3.8, 4) is 0 Å². The van der Waals surface area contributed by atoms with Gasteiger partial charge in [-0.3, -0.25) is 19.2 Å². The topological polar surface area (TPSA) is 188 Å². The molecule has 1 aromatic carbocycles. The number of hydrogen-bond donors (Lipinski definition) is 6. The fourth-order valence-corrected chi connectivity index (χ4v) is 2.96. The number of carboxylic acids is 2. The molecule has 1 rings (SSSR count). The summed E-state index contributed by atoms with van der Waals surface area (Å²) in [7, 11) is 0. The summed E-state index contributed by atoms with van der Waals surface area (Å²) in [6.45, 7) is 4.73. The van der Waals surface area contributed by atoms with Crippen molar-refractivity contribution in [2.45, 2.75) is 64.2 Å². The van der Waals surface area contributed by atoms with Gasteiger partial charge in [0.05, 0.1) is 12.5 Å². The van der Waals surface area contributed by atoms with E-state index < -0.39 is 66.2 Å². The van der Waals surface area contributed by atoms with Crippen molar-refractivity contribution >= 4 is 29.7 Å². The molecule has 1 aromatic rings. The van der Waals surface area contributed by atoms with Crippen molar-refractivity contribution in [1.29, 1.82) is 0 Å². The molecule has 0 aliphatic rings. The van der Waals surface area contributed by atoms with Gasteiger partial charge in [-0.2, -0.15) is 0 Å². The maximum atomic E-state index is 12.5. The van der Waals surface area contributed by atoms with Crippen LogP contribution < -0.4 is 21.7 Å². The molecule has 0 saturated carbocycles. The highest BCUT2D eigenvalue weighted by atomic mass is 16.4. The van der Waals surface area contributed by atoms with Crippen LogP contribution in [0.2, 0.25) is 0 Å². The van der Waals surface area contributed by atoms with E-state index in [1.807, 2.05) is 18.2 Å². The summed E-state index contributed by atoms with van der Waals surface area (Å²) < 4.78 is 0. The molecule has 33 heavy (non-hydrogen) atoms. The Morgan fingerprint density at radius 1 is 0.909 bits per heavy atom. The number of nitrogens with one attached hydrogen (secondary N) is 3. The zero-order chi connectivity index (χ0) is 25.1. The largest absolute Gasteiger partial charge is 0.481 e. The maximum Gasteiger partial charge on any atom is 0.326 e. The van der Waals surface area contributed by atoms with E-state index >= 15 is 0 Å². The SMILES string of the molecule is CCC(C)C(NC(=O)C(CC(=O)O)NC(=O)C(C)NC(=O)C(N)Cc1ccccc1)C(=O)O. The standard InChI is InChI=1S/C22H32N4O7/c1-4-12(2)18(22(32)33)26-21(31)16(11-17(27)28)25-19(29)13(3)24-20(30)15(23)10-14-8-6-5-7-9-14/h5-9,12-13,15-16,18H,4,10-11,23H2,1-3H3,(H,24,30)(H,25,29)(H,26,31)(H,27,28)(H,32,33). The van der Waals surface area contributed by atoms with Crippen LogP contribution in [0.15, 0.2) is 30.3 Å². The number of aliphatic carboxylic acids is 2. The molecule has 0 radical (unpaired) electrons. The van der Waals surface area contributed by atoms with Gasteiger partial charge in [0.15, 0.2) is 0 Å². The van der Waals surface area contributed by atoms with E-state index in [1.165, 1.54) is 6.92 Å². The third kappa shape index (κ3) is 9.27. The Bertz CT molecular complexity index is 846. The Hall–Kier alpha value is -3.47. The van der Waals surface area contributed by atoms with Gasteiger partial charge < -0.3 is 31.9 Å². The van der Waals surface area contributed by atoms with Gasteiger partial charge in [-0.15, -0.1) is 0 Å². The zero-order valence-corrected chi connectivity index (χ0v) is 18.9. The molecule has 11 nitrogen and oxygen atoms in total. The van der Waals surface area contributed by atoms with E-state index in [0.717, 1.165) is 5.56 Å². The summed E-state index contributed by atoms with van der Waals surface area (Å²) >= 11 is 0. The maximum absolute atomic E-state index is 12.5. The van der Waals surface area contributed by atoms with Crippen LogP contribution >= 0.6 is 0 Å². The fourth-order valence-electron chi connectivity index (χ4n) is 2.96. The van der Waals surface area contributed by atoms with Gasteiger partial charge in [0.2, 0.25) is 17.7 Å². The molecule has 182 valence electrons. The minimum atomic E-state index is -1.53. The normalized spacial score (nSPS) is 15.3. The predicted molar refractivity (Wildman–Crippen MR) is 119 cm³/mol. The number of carboxylic acid groups (broad SMARTS) is 2. The van der Waals surface area contributed by atoms with Crippen LogP contribution in [0.1, 0.15) is 39.2 Å². The summed E-state index contributed by atoms with van der Waals surface area (Å²) in [4.78, 5) is 60.0. The van der Waals surface area contributed by atoms with Crippen molar-refractivity contribution in [1.82, 2.24) is 16.0 Å². The average Bonchev–Trinajstić information content (AvgIpc) is 2.76. The van der Waals surface area contributed by atoms with Crippen LogP contribution in [0.4, 0.5) is 0 Å². The van der Waals surface area contributed by atoms with Crippen molar-refractivity contribution in [2.24, 2.45) is 11.7 Å². The van der Waals surface area contributed by atoms with E-state index in [4.69, 9.17) is 10.8 Å². The van der Waals surface area contributed by atoms with Crippen LogP contribution in [-0.2, 0) is 30.4 Å². The van der Waals surface area contributed by atoms with Crippen molar-refractivity contribution in [2.75, 3.05) is 0 Å². The second-order valence-corrected chi connectivity index (χ2v) is 7.90. The quantitative estimate of drug-likeness (QED) is 0.228. The fraction of sp³-hybridized carbons (Fsp3) is 0.500. The lowest BCUT2D eigenvalue weighted by atomic mass is 9.98. The molecule has 0 heterocycles. The highest BCUT2D eigenvalue weighted by Gasteiger charge is 2.32. The third-order valence-corrected chi connectivity index (χ3v) is 5.18. The molecule has 0 aliphatic heterocycles. The highest BCUT2D eigenvalue weighted by molar-refractivity contribution is 5.95. The van der Waals surface area contributed by atoms with Gasteiger partial charge >= 0.3 is 11.9 Å². The number of nitrogens with two attached hydrogens (primary N) is 1. The van der Waals surface area contributed by atoms with Gasteiger partial charge in [-0.1, -0.05) is 50.6 Å². The van der Waals surface area contributed by atoms with Crippen LogP contribution in [0.3, 0.4) is 0 Å². The minimum absolute atomic E-state index is 0.247. The number of amides is 3. The van der Waals surface area contributed by atoms with Crippen molar-refractivity contribution < 1.29 is 34.2 Å². The Balaban J connectivity index is 2.77. The van der Waals surface area contributed by atoms with E-state index in [9.17, 15) is 29.1 Å². The molecule has 5 atom stereocenters. The molecular weight excluding hydrogens is 432 g/mol. The molecule has 0 aromatic heterocycles. The number of carbonyl (C=O) groups excluding carboxylic acids is 3. The summed E-state index contributed by atoms with van der Waals surface area (Å²) in [6.07, 6.45) is -0.0602. The molecule has 7 N–H and O–H groups in total. The van der Waals surface area contributed by atoms with Gasteiger partial charge in [-0.25, -0.2) is 4.79 Å². The van der Waals surface area contributed by atoms with Gasteiger partial charge in [0.25, 0.3) is 0 Å². The summed E-state index contributed by atoms with van der Waals surface area (Å²) in [5.74, 6) is -5.41. The molecular formula is C22H32N4O7. The van der Waals surface area contributed by atoms with Crippen LogP contribution in [0, 0.1) is 5.92 Å². The zero-order valence-electron chi connectivity index (χ0n) is 18.9. The lowest BCUT2D eigenvalue weighted by molar-refractivity contribution is -0.144. The Morgan fingerprint density at radius 3 is 2.03 bits per heavy atom. The molecule has 11 heteroatoms. The van der Waals surface area contributed by atoms with Crippen LogP contribution in [-0.4, -0.2) is 64.0 Å². The lowest BCUT2D eigenvalue weighted by Crippen LogP contribution is -2.57. The first-order valence-corrected chi connectivity index (χ1v) is 10.6. The highest BCUT2D eigenvalue weighted by Crippen LogP contribution is 2.09. The third-order valence-electron chi connectivity index (χ3n) is 5.18. The van der Waals surface area contributed by atoms with Gasteiger partial charge in [0, 0.05) is 0 Å². The smallest absolute Gasteiger partial charge is 0.326 e. The summed E-state index contributed by atoms with van der Waals surface area (Å²) in [5.41, 5.74) is 6.73.